The predicted octanol–water partition coefficient (Wildman–Crippen LogP) is 3.04. The molecule has 0 radical (unpaired) electrons. The van der Waals surface area contributed by atoms with Gasteiger partial charge in [0.15, 0.2) is 11.4 Å². The molecule has 0 aliphatic heterocycles. The molecule has 12 heteroatoms. The summed E-state index contributed by atoms with van der Waals surface area (Å²) in [4.78, 5) is 35.3. The van der Waals surface area contributed by atoms with Crippen LogP contribution in [-0.4, -0.2) is 71.7 Å². The van der Waals surface area contributed by atoms with Crippen LogP contribution in [0, 0.1) is 5.82 Å². The first-order chi connectivity index (χ1) is 16.9. The molecule has 0 atom stereocenters. The van der Waals surface area contributed by atoms with Crippen molar-refractivity contribution < 1.29 is 32.3 Å². The standard InChI is InChI=1S/C24H25F4N5O3/c1-33(2)9-3-8-29-23(36)20-21(34)18-17(19(32-20)22(35)31-13-24(26,27)28)11-15(12-30-18)10-14-4-6-16(25)7-5-14/h4-7,11-12,34H,3,8-10,13H2,1-2H3,(H,29,36)(H,31,35). The third-order valence-electron chi connectivity index (χ3n) is 5.14. The van der Waals surface area contributed by atoms with Gasteiger partial charge in [0.05, 0.1) is 0 Å². The van der Waals surface area contributed by atoms with Gasteiger partial charge in [-0.2, -0.15) is 13.2 Å². The third-order valence-corrected chi connectivity index (χ3v) is 5.14. The number of nitrogens with zero attached hydrogens (tertiary/aromatic N) is 3. The van der Waals surface area contributed by atoms with E-state index in [4.69, 9.17) is 0 Å². The highest BCUT2D eigenvalue weighted by molar-refractivity contribution is 6.09. The summed E-state index contributed by atoms with van der Waals surface area (Å²) in [6, 6.07) is 7.10. The minimum absolute atomic E-state index is 0.0315. The summed E-state index contributed by atoms with van der Waals surface area (Å²) in [5.74, 6) is -2.99. The maximum absolute atomic E-state index is 13.2. The molecule has 192 valence electrons. The van der Waals surface area contributed by atoms with Gasteiger partial charge >= 0.3 is 6.18 Å². The molecule has 0 aliphatic rings. The second kappa shape index (κ2) is 11.3. The lowest BCUT2D eigenvalue weighted by molar-refractivity contribution is -0.123. The molecule has 2 amide bonds. The fourth-order valence-electron chi connectivity index (χ4n) is 3.43. The van der Waals surface area contributed by atoms with Crippen LogP contribution in [0.3, 0.4) is 0 Å². The van der Waals surface area contributed by atoms with Crippen molar-refractivity contribution in [3.63, 3.8) is 0 Å². The minimum atomic E-state index is -4.67. The first kappa shape index (κ1) is 26.8. The number of fused-ring (bicyclic) bond motifs is 1. The summed E-state index contributed by atoms with van der Waals surface area (Å²) in [5.41, 5.74) is 0.0679. The Hall–Kier alpha value is -3.80. The van der Waals surface area contributed by atoms with Crippen molar-refractivity contribution >= 4 is 22.7 Å². The molecule has 1 aromatic carbocycles. The molecule has 0 saturated heterocycles. The fraction of sp³-hybridized carbons (Fsp3) is 0.333. The highest BCUT2D eigenvalue weighted by atomic mass is 19.4. The van der Waals surface area contributed by atoms with Crippen molar-refractivity contribution in [3.05, 3.63) is 64.9 Å². The van der Waals surface area contributed by atoms with E-state index in [2.05, 4.69) is 15.3 Å². The average Bonchev–Trinajstić information content (AvgIpc) is 2.81. The number of nitrogens with one attached hydrogen (secondary N) is 2. The van der Waals surface area contributed by atoms with Gasteiger partial charge in [-0.15, -0.1) is 0 Å². The molecule has 0 aliphatic carbocycles. The van der Waals surface area contributed by atoms with Crippen LogP contribution >= 0.6 is 0 Å². The van der Waals surface area contributed by atoms with Gasteiger partial charge in [0.25, 0.3) is 11.8 Å². The molecule has 3 N–H and O–H groups in total. The van der Waals surface area contributed by atoms with Gasteiger partial charge in [0, 0.05) is 18.1 Å². The topological polar surface area (TPSA) is 107 Å². The number of rotatable bonds is 9. The van der Waals surface area contributed by atoms with E-state index in [0.717, 1.165) is 0 Å². The predicted molar refractivity (Wildman–Crippen MR) is 124 cm³/mol. The summed E-state index contributed by atoms with van der Waals surface area (Å²) in [5, 5.41) is 15.0. The van der Waals surface area contributed by atoms with Crippen LogP contribution in [0.1, 0.15) is 38.5 Å². The van der Waals surface area contributed by atoms with Crippen LogP contribution in [0.4, 0.5) is 17.6 Å². The second-order valence-corrected chi connectivity index (χ2v) is 8.41. The van der Waals surface area contributed by atoms with Crippen molar-refractivity contribution in [2.24, 2.45) is 0 Å². The van der Waals surface area contributed by atoms with Crippen LogP contribution in [0.15, 0.2) is 36.5 Å². The van der Waals surface area contributed by atoms with E-state index in [1.807, 2.05) is 19.0 Å². The molecule has 0 unspecified atom stereocenters. The Morgan fingerprint density at radius 2 is 1.69 bits per heavy atom. The maximum atomic E-state index is 13.2. The van der Waals surface area contributed by atoms with Gasteiger partial charge in [-0.05, 0) is 62.8 Å². The highest BCUT2D eigenvalue weighted by Gasteiger charge is 2.30. The smallest absolute Gasteiger partial charge is 0.405 e. The van der Waals surface area contributed by atoms with E-state index in [-0.39, 0.29) is 23.9 Å². The Kier molecular flexibility index (Phi) is 8.41. The molecular formula is C24H25F4N5O3. The zero-order valence-corrected chi connectivity index (χ0v) is 19.6. The van der Waals surface area contributed by atoms with E-state index in [1.165, 1.54) is 24.4 Å². The van der Waals surface area contributed by atoms with E-state index in [0.29, 0.717) is 24.1 Å². The number of carbonyl (C=O) groups excluding carboxylic acids is 2. The van der Waals surface area contributed by atoms with Crippen molar-refractivity contribution in [1.29, 1.82) is 0 Å². The number of aromatic nitrogens is 2. The van der Waals surface area contributed by atoms with Gasteiger partial charge in [-0.3, -0.25) is 14.6 Å². The molecule has 0 bridgehead atoms. The molecule has 3 aromatic rings. The third kappa shape index (κ3) is 7.11. The Bertz CT molecular complexity index is 1250. The number of aromatic hydroxyl groups is 1. The molecule has 0 saturated carbocycles. The number of halogens is 4. The van der Waals surface area contributed by atoms with Gasteiger partial charge in [-0.25, -0.2) is 9.37 Å². The summed E-state index contributed by atoms with van der Waals surface area (Å²) < 4.78 is 51.3. The monoisotopic (exact) mass is 507 g/mol. The number of pyridine rings is 2. The molecule has 2 heterocycles. The van der Waals surface area contributed by atoms with Gasteiger partial charge < -0.3 is 20.6 Å². The zero-order valence-electron chi connectivity index (χ0n) is 19.6. The average molecular weight is 507 g/mol. The van der Waals surface area contributed by atoms with Gasteiger partial charge in [0.2, 0.25) is 0 Å². The van der Waals surface area contributed by atoms with E-state index < -0.39 is 47.5 Å². The summed E-state index contributed by atoms with van der Waals surface area (Å²) in [6.45, 7) is -0.679. The number of carbonyl (C=O) groups is 2. The molecule has 36 heavy (non-hydrogen) atoms. The number of alkyl halides is 3. The molecule has 3 rings (SSSR count). The Morgan fingerprint density at radius 3 is 2.33 bits per heavy atom. The lowest BCUT2D eigenvalue weighted by atomic mass is 10.0. The van der Waals surface area contributed by atoms with Gasteiger partial charge in [-0.1, -0.05) is 12.1 Å². The molecule has 2 aromatic heterocycles. The fourth-order valence-corrected chi connectivity index (χ4v) is 3.43. The van der Waals surface area contributed by atoms with Gasteiger partial charge in [0.1, 0.15) is 23.6 Å². The van der Waals surface area contributed by atoms with Crippen LogP contribution in [0.5, 0.6) is 5.75 Å². The molecule has 8 nitrogen and oxygen atoms in total. The number of amides is 2. The second-order valence-electron chi connectivity index (χ2n) is 8.41. The van der Waals surface area contributed by atoms with Crippen molar-refractivity contribution in [3.8, 4) is 5.75 Å². The summed E-state index contributed by atoms with van der Waals surface area (Å²) in [7, 11) is 3.72. The minimum Gasteiger partial charge on any atom is -0.504 e. The van der Waals surface area contributed by atoms with Crippen LogP contribution < -0.4 is 10.6 Å². The van der Waals surface area contributed by atoms with E-state index >= 15 is 0 Å². The number of hydrogen-bond donors (Lipinski definition) is 3. The molecule has 0 fully saturated rings. The zero-order chi connectivity index (χ0) is 26.5. The van der Waals surface area contributed by atoms with Crippen molar-refractivity contribution in [1.82, 2.24) is 25.5 Å². The van der Waals surface area contributed by atoms with E-state index in [9.17, 15) is 32.3 Å². The lowest BCUT2D eigenvalue weighted by Crippen LogP contribution is -2.35. The molecule has 0 spiro atoms. The summed E-state index contributed by atoms with van der Waals surface area (Å²) in [6.07, 6.45) is -2.42. The Labute approximate surface area is 204 Å². The Morgan fingerprint density at radius 1 is 1.03 bits per heavy atom. The maximum Gasteiger partial charge on any atom is 0.405 e. The number of hydrogen-bond acceptors (Lipinski definition) is 6. The van der Waals surface area contributed by atoms with Crippen LogP contribution in [0.2, 0.25) is 0 Å². The van der Waals surface area contributed by atoms with Crippen molar-refractivity contribution in [2.75, 3.05) is 33.7 Å². The largest absolute Gasteiger partial charge is 0.504 e. The van der Waals surface area contributed by atoms with E-state index in [1.54, 1.807) is 17.4 Å². The SMILES string of the molecule is CN(C)CCCNC(=O)c1nc(C(=O)NCC(F)(F)F)c2cc(Cc3ccc(F)cc3)cnc2c1O. The van der Waals surface area contributed by atoms with Crippen LogP contribution in [0.25, 0.3) is 10.9 Å². The van der Waals surface area contributed by atoms with Crippen molar-refractivity contribution in [2.45, 2.75) is 19.0 Å². The lowest BCUT2D eigenvalue weighted by Gasteiger charge is -2.14. The first-order valence-electron chi connectivity index (χ1n) is 11.0. The number of benzene rings is 1. The highest BCUT2D eigenvalue weighted by Crippen LogP contribution is 2.29. The Balaban J connectivity index is 1.99. The first-order valence-corrected chi connectivity index (χ1v) is 11.0. The van der Waals surface area contributed by atoms with Crippen LogP contribution in [-0.2, 0) is 6.42 Å². The normalized spacial score (nSPS) is 11.6. The molecular weight excluding hydrogens is 482 g/mol. The summed E-state index contributed by atoms with van der Waals surface area (Å²) >= 11 is 0. The quantitative estimate of drug-likeness (QED) is 0.304.